The largest absolute Gasteiger partial charge is 0.416 e. The van der Waals surface area contributed by atoms with Gasteiger partial charge in [-0.2, -0.15) is 18.2 Å². The number of nitrogens with one attached hydrogen (secondary N) is 2. The minimum atomic E-state index is -4.51. The molecule has 2 aromatic carbocycles. The SMILES string of the molecule is O=C(Nc1ccc(Cl)c(Cl)c1)NN1C(=O)/C(=C\c2cccc(C(F)(F)F)c2)SC1=S. The Morgan fingerprint density at radius 1 is 1.13 bits per heavy atom. The summed E-state index contributed by atoms with van der Waals surface area (Å²) in [5.41, 5.74) is 1.94. The first-order chi connectivity index (χ1) is 14.0. The number of alkyl halides is 3. The van der Waals surface area contributed by atoms with Crippen LogP contribution in [0.2, 0.25) is 10.0 Å². The number of halogens is 5. The number of hydrogen-bond acceptors (Lipinski definition) is 4. The number of urea groups is 1. The predicted octanol–water partition coefficient (Wildman–Crippen LogP) is 5.95. The van der Waals surface area contributed by atoms with E-state index in [4.69, 9.17) is 35.4 Å². The van der Waals surface area contributed by atoms with E-state index in [0.717, 1.165) is 28.9 Å². The number of anilines is 1. The number of hydrogen-bond donors (Lipinski definition) is 2. The number of carbonyl (C=O) groups excluding carboxylic acids is 2. The van der Waals surface area contributed by atoms with Crippen molar-refractivity contribution >= 4 is 75.2 Å². The molecular formula is C18H10Cl2F3N3O2S2. The van der Waals surface area contributed by atoms with Gasteiger partial charge < -0.3 is 5.32 Å². The van der Waals surface area contributed by atoms with Crippen LogP contribution in [0.5, 0.6) is 0 Å². The van der Waals surface area contributed by atoms with Crippen LogP contribution >= 0.6 is 47.2 Å². The average Bonchev–Trinajstić information content (AvgIpc) is 2.92. The van der Waals surface area contributed by atoms with Crippen LogP contribution in [0.1, 0.15) is 11.1 Å². The van der Waals surface area contributed by atoms with Gasteiger partial charge in [0.05, 0.1) is 20.5 Å². The molecule has 0 unspecified atom stereocenters. The lowest BCUT2D eigenvalue weighted by atomic mass is 10.1. The van der Waals surface area contributed by atoms with Crippen molar-refractivity contribution in [2.75, 3.05) is 5.32 Å². The van der Waals surface area contributed by atoms with Crippen LogP contribution < -0.4 is 10.7 Å². The summed E-state index contributed by atoms with van der Waals surface area (Å²) < 4.78 is 38.6. The zero-order chi connectivity index (χ0) is 22.1. The molecule has 0 spiro atoms. The molecular weight excluding hydrogens is 482 g/mol. The van der Waals surface area contributed by atoms with E-state index < -0.39 is 23.7 Å². The zero-order valence-electron chi connectivity index (χ0n) is 14.6. The van der Waals surface area contributed by atoms with Gasteiger partial charge in [-0.3, -0.25) is 4.79 Å². The minimum absolute atomic E-state index is 0.0162. The summed E-state index contributed by atoms with van der Waals surface area (Å²) in [6, 6.07) is 8.13. The van der Waals surface area contributed by atoms with Gasteiger partial charge >= 0.3 is 12.2 Å². The highest BCUT2D eigenvalue weighted by molar-refractivity contribution is 8.26. The van der Waals surface area contributed by atoms with Crippen LogP contribution in [0.3, 0.4) is 0 Å². The molecule has 1 aliphatic heterocycles. The number of amides is 3. The smallest absolute Gasteiger partial charge is 0.307 e. The quantitative estimate of drug-likeness (QED) is 0.411. The Morgan fingerprint density at radius 3 is 2.53 bits per heavy atom. The van der Waals surface area contributed by atoms with Crippen molar-refractivity contribution in [3.05, 3.63) is 68.5 Å². The Balaban J connectivity index is 1.72. The van der Waals surface area contributed by atoms with Gasteiger partial charge in [-0.1, -0.05) is 47.1 Å². The van der Waals surface area contributed by atoms with Gasteiger partial charge in [0, 0.05) is 5.69 Å². The third-order valence-corrected chi connectivity index (χ3v) is 5.74. The van der Waals surface area contributed by atoms with Crippen LogP contribution in [-0.4, -0.2) is 21.3 Å². The molecule has 1 fully saturated rings. The van der Waals surface area contributed by atoms with E-state index in [1.54, 1.807) is 0 Å². The molecule has 0 aliphatic carbocycles. The maximum Gasteiger partial charge on any atom is 0.416 e. The van der Waals surface area contributed by atoms with Crippen molar-refractivity contribution in [1.29, 1.82) is 0 Å². The van der Waals surface area contributed by atoms with Crippen molar-refractivity contribution in [2.24, 2.45) is 0 Å². The molecule has 156 valence electrons. The van der Waals surface area contributed by atoms with Gasteiger partial charge in [-0.05, 0) is 54.2 Å². The Hall–Kier alpha value is -2.27. The first-order valence-electron chi connectivity index (χ1n) is 8.02. The van der Waals surface area contributed by atoms with Crippen molar-refractivity contribution in [2.45, 2.75) is 6.18 Å². The Labute approximate surface area is 188 Å². The van der Waals surface area contributed by atoms with E-state index in [9.17, 15) is 22.8 Å². The van der Waals surface area contributed by atoms with Gasteiger partial charge in [0.25, 0.3) is 5.91 Å². The number of carbonyl (C=O) groups is 2. The Bertz CT molecular complexity index is 1080. The second-order valence-corrected chi connectivity index (χ2v) is 8.33. The average molecular weight is 492 g/mol. The van der Waals surface area contributed by atoms with Crippen molar-refractivity contribution in [3.8, 4) is 0 Å². The topological polar surface area (TPSA) is 61.4 Å². The summed E-state index contributed by atoms with van der Waals surface area (Å²) in [4.78, 5) is 24.8. The van der Waals surface area contributed by atoms with E-state index in [0.29, 0.717) is 10.7 Å². The Morgan fingerprint density at radius 2 is 1.87 bits per heavy atom. The summed E-state index contributed by atoms with van der Waals surface area (Å²) in [6.07, 6.45) is -3.24. The standard InChI is InChI=1S/C18H10Cl2F3N3O2S2/c19-12-5-4-11(8-13(12)20)24-16(28)25-26-15(27)14(30-17(26)29)7-9-2-1-3-10(6-9)18(21,22)23/h1-8H,(H2,24,25,28)/b14-7+. The number of hydrazine groups is 1. The highest BCUT2D eigenvalue weighted by Crippen LogP contribution is 2.34. The molecule has 2 aromatic rings. The number of benzene rings is 2. The van der Waals surface area contributed by atoms with Gasteiger partial charge in [-0.25, -0.2) is 10.2 Å². The van der Waals surface area contributed by atoms with Crippen molar-refractivity contribution < 1.29 is 22.8 Å². The lowest BCUT2D eigenvalue weighted by Crippen LogP contribution is -2.46. The summed E-state index contributed by atoms with van der Waals surface area (Å²) in [5, 5.41) is 3.82. The van der Waals surface area contributed by atoms with Crippen LogP contribution in [0.4, 0.5) is 23.7 Å². The molecule has 30 heavy (non-hydrogen) atoms. The first kappa shape index (κ1) is 22.4. The summed E-state index contributed by atoms with van der Waals surface area (Å²) >= 11 is 17.6. The maximum atomic E-state index is 12.9. The fourth-order valence-electron chi connectivity index (χ4n) is 2.35. The molecule has 0 aromatic heterocycles. The van der Waals surface area contributed by atoms with Crippen molar-refractivity contribution in [1.82, 2.24) is 10.4 Å². The van der Waals surface area contributed by atoms with E-state index in [-0.39, 0.29) is 19.8 Å². The fourth-order valence-corrected chi connectivity index (χ4v) is 3.83. The number of thiocarbonyl (C=S) groups is 1. The van der Waals surface area contributed by atoms with E-state index in [2.05, 4.69) is 10.7 Å². The second kappa shape index (κ2) is 8.84. The van der Waals surface area contributed by atoms with E-state index in [1.807, 2.05) is 0 Å². The third-order valence-electron chi connectivity index (χ3n) is 3.70. The molecule has 2 N–H and O–H groups in total. The fraction of sp³-hybridized carbons (Fsp3) is 0.0556. The maximum absolute atomic E-state index is 12.9. The summed E-state index contributed by atoms with van der Waals surface area (Å²) in [6.45, 7) is 0. The molecule has 1 aliphatic rings. The molecule has 0 atom stereocenters. The predicted molar refractivity (Wildman–Crippen MR) is 115 cm³/mol. The van der Waals surface area contributed by atoms with Gasteiger partial charge in [-0.15, -0.1) is 0 Å². The van der Waals surface area contributed by atoms with E-state index >= 15 is 0 Å². The van der Waals surface area contributed by atoms with Crippen LogP contribution in [0.25, 0.3) is 6.08 Å². The Kier molecular flexibility index (Phi) is 6.61. The second-order valence-electron chi connectivity index (χ2n) is 5.84. The molecule has 3 rings (SSSR count). The van der Waals surface area contributed by atoms with Crippen LogP contribution in [-0.2, 0) is 11.0 Å². The van der Waals surface area contributed by atoms with Gasteiger partial charge in [0.1, 0.15) is 0 Å². The van der Waals surface area contributed by atoms with Crippen molar-refractivity contribution in [3.63, 3.8) is 0 Å². The number of rotatable bonds is 3. The van der Waals surface area contributed by atoms with Gasteiger partial charge in [0.2, 0.25) is 0 Å². The third kappa shape index (κ3) is 5.25. The highest BCUT2D eigenvalue weighted by atomic mass is 35.5. The zero-order valence-corrected chi connectivity index (χ0v) is 17.7. The molecule has 0 bridgehead atoms. The van der Waals surface area contributed by atoms with E-state index in [1.165, 1.54) is 36.4 Å². The lowest BCUT2D eigenvalue weighted by molar-refractivity contribution is -0.137. The summed E-state index contributed by atoms with van der Waals surface area (Å²) in [5.74, 6) is -0.674. The monoisotopic (exact) mass is 491 g/mol. The lowest BCUT2D eigenvalue weighted by Gasteiger charge is -2.16. The first-order valence-corrected chi connectivity index (χ1v) is 10.0. The number of nitrogens with zero attached hydrogens (tertiary/aromatic N) is 1. The normalized spacial score (nSPS) is 15.6. The molecule has 5 nitrogen and oxygen atoms in total. The molecule has 12 heteroatoms. The van der Waals surface area contributed by atoms with Crippen LogP contribution in [0, 0.1) is 0 Å². The van der Waals surface area contributed by atoms with Crippen LogP contribution in [0.15, 0.2) is 47.4 Å². The molecule has 3 amide bonds. The summed E-state index contributed by atoms with van der Waals surface area (Å²) in [7, 11) is 0. The number of thioether (sulfide) groups is 1. The van der Waals surface area contributed by atoms with Gasteiger partial charge in [0.15, 0.2) is 4.32 Å². The molecule has 1 saturated heterocycles. The molecule has 0 radical (unpaired) electrons. The highest BCUT2D eigenvalue weighted by Gasteiger charge is 2.34. The minimum Gasteiger partial charge on any atom is -0.307 e. The molecule has 0 saturated carbocycles. The molecule has 1 heterocycles.